The molecule has 3 heteroatoms. The van der Waals surface area contributed by atoms with Gasteiger partial charge in [0.25, 0.3) is 0 Å². The summed E-state index contributed by atoms with van der Waals surface area (Å²) in [5.41, 5.74) is 0.952. The van der Waals surface area contributed by atoms with Gasteiger partial charge in [0.1, 0.15) is 6.10 Å². The lowest BCUT2D eigenvalue weighted by Crippen LogP contribution is -2.28. The summed E-state index contributed by atoms with van der Waals surface area (Å²) >= 11 is 0. The topological polar surface area (TPSA) is 46.5 Å². The molecule has 0 saturated heterocycles. The van der Waals surface area contributed by atoms with Gasteiger partial charge in [-0.2, -0.15) is 0 Å². The highest BCUT2D eigenvalue weighted by Gasteiger charge is 2.53. The standard InChI is InChI=1S/C17H16O3/c18-16(19)17(11-12-17)20-15(13-7-3-1-4-8-13)14-9-5-2-6-10-14/h1-10,15H,11-12H2,(H,18,19). The van der Waals surface area contributed by atoms with Crippen molar-refractivity contribution in [1.29, 1.82) is 0 Å². The van der Waals surface area contributed by atoms with Crippen LogP contribution >= 0.6 is 0 Å². The van der Waals surface area contributed by atoms with Crippen molar-refractivity contribution in [3.8, 4) is 0 Å². The van der Waals surface area contributed by atoms with Gasteiger partial charge in [-0.05, 0) is 24.0 Å². The van der Waals surface area contributed by atoms with E-state index in [1.807, 2.05) is 60.7 Å². The highest BCUT2D eigenvalue weighted by atomic mass is 16.5. The van der Waals surface area contributed by atoms with Gasteiger partial charge in [-0.15, -0.1) is 0 Å². The van der Waals surface area contributed by atoms with Gasteiger partial charge in [-0.3, -0.25) is 0 Å². The van der Waals surface area contributed by atoms with Gasteiger partial charge in [0.15, 0.2) is 5.60 Å². The van der Waals surface area contributed by atoms with E-state index in [1.54, 1.807) is 0 Å². The number of carboxylic acid groups (broad SMARTS) is 1. The third-order valence-electron chi connectivity index (χ3n) is 3.64. The van der Waals surface area contributed by atoms with Crippen molar-refractivity contribution in [3.05, 3.63) is 71.8 Å². The Kier molecular flexibility index (Phi) is 3.28. The molecular weight excluding hydrogens is 252 g/mol. The van der Waals surface area contributed by atoms with Crippen LogP contribution in [0.5, 0.6) is 0 Å². The first kappa shape index (κ1) is 12.9. The summed E-state index contributed by atoms with van der Waals surface area (Å²) in [4.78, 5) is 11.4. The molecule has 2 aromatic carbocycles. The first-order valence-corrected chi connectivity index (χ1v) is 6.72. The van der Waals surface area contributed by atoms with Gasteiger partial charge in [-0.25, -0.2) is 4.79 Å². The second-order valence-corrected chi connectivity index (χ2v) is 5.12. The van der Waals surface area contributed by atoms with Crippen molar-refractivity contribution in [2.75, 3.05) is 0 Å². The predicted molar refractivity (Wildman–Crippen MR) is 75.4 cm³/mol. The molecule has 20 heavy (non-hydrogen) atoms. The smallest absolute Gasteiger partial charge is 0.336 e. The van der Waals surface area contributed by atoms with Crippen molar-refractivity contribution >= 4 is 5.97 Å². The second-order valence-electron chi connectivity index (χ2n) is 5.12. The molecule has 1 saturated carbocycles. The molecule has 1 aliphatic rings. The summed E-state index contributed by atoms with van der Waals surface area (Å²) in [6, 6.07) is 19.5. The lowest BCUT2D eigenvalue weighted by atomic mass is 10.0. The van der Waals surface area contributed by atoms with Crippen LogP contribution in [0.25, 0.3) is 0 Å². The molecule has 3 rings (SSSR count). The molecule has 3 nitrogen and oxygen atoms in total. The highest BCUT2D eigenvalue weighted by Crippen LogP contribution is 2.45. The van der Waals surface area contributed by atoms with Crippen molar-refractivity contribution < 1.29 is 14.6 Å². The molecular formula is C17H16O3. The fraction of sp³-hybridized carbons (Fsp3) is 0.235. The van der Waals surface area contributed by atoms with Crippen LogP contribution in [0.15, 0.2) is 60.7 Å². The third-order valence-corrected chi connectivity index (χ3v) is 3.64. The van der Waals surface area contributed by atoms with Crippen molar-refractivity contribution in [1.82, 2.24) is 0 Å². The van der Waals surface area contributed by atoms with E-state index in [0.717, 1.165) is 11.1 Å². The van der Waals surface area contributed by atoms with Crippen molar-refractivity contribution in [2.24, 2.45) is 0 Å². The maximum atomic E-state index is 11.4. The molecule has 0 aliphatic heterocycles. The third kappa shape index (κ3) is 2.45. The Balaban J connectivity index is 1.95. The summed E-state index contributed by atoms with van der Waals surface area (Å²) in [6.07, 6.45) is 0.827. The maximum absolute atomic E-state index is 11.4. The van der Waals surface area contributed by atoms with Crippen molar-refractivity contribution in [2.45, 2.75) is 24.5 Å². The number of carboxylic acids is 1. The first-order chi connectivity index (χ1) is 9.71. The zero-order valence-corrected chi connectivity index (χ0v) is 11.0. The SMILES string of the molecule is O=C(O)C1(OC(c2ccccc2)c2ccccc2)CC1. The number of aliphatic carboxylic acids is 1. The minimum atomic E-state index is -1.00. The summed E-state index contributed by atoms with van der Waals surface area (Å²) in [5.74, 6) is -0.866. The molecule has 1 aliphatic carbocycles. The molecule has 1 N–H and O–H groups in total. The van der Waals surface area contributed by atoms with Gasteiger partial charge < -0.3 is 9.84 Å². The molecule has 0 unspecified atom stereocenters. The second kappa shape index (κ2) is 5.10. The lowest BCUT2D eigenvalue weighted by Gasteiger charge is -2.23. The number of carbonyl (C=O) groups is 1. The van der Waals surface area contributed by atoms with Gasteiger partial charge in [-0.1, -0.05) is 60.7 Å². The summed E-state index contributed by atoms with van der Waals surface area (Å²) in [7, 11) is 0. The first-order valence-electron chi connectivity index (χ1n) is 6.72. The quantitative estimate of drug-likeness (QED) is 0.904. The van der Waals surface area contributed by atoms with Crippen LogP contribution in [0, 0.1) is 0 Å². The van der Waals surface area contributed by atoms with E-state index in [-0.39, 0.29) is 6.10 Å². The fourth-order valence-electron chi connectivity index (χ4n) is 2.31. The van der Waals surface area contributed by atoms with Crippen LogP contribution in [0.3, 0.4) is 0 Å². The zero-order valence-electron chi connectivity index (χ0n) is 11.0. The zero-order chi connectivity index (χ0) is 14.0. The molecule has 0 spiro atoms. The van der Waals surface area contributed by atoms with E-state index < -0.39 is 11.6 Å². The average Bonchev–Trinajstić information content (AvgIpc) is 3.28. The van der Waals surface area contributed by atoms with Crippen LogP contribution < -0.4 is 0 Å². The van der Waals surface area contributed by atoms with Crippen LogP contribution in [0.1, 0.15) is 30.1 Å². The van der Waals surface area contributed by atoms with E-state index in [1.165, 1.54) is 0 Å². The van der Waals surface area contributed by atoms with E-state index in [4.69, 9.17) is 4.74 Å². The Hall–Kier alpha value is -2.13. The van der Waals surface area contributed by atoms with Gasteiger partial charge >= 0.3 is 5.97 Å². The monoisotopic (exact) mass is 268 g/mol. The van der Waals surface area contributed by atoms with Crippen LogP contribution in [-0.4, -0.2) is 16.7 Å². The summed E-state index contributed by atoms with van der Waals surface area (Å²) < 4.78 is 5.98. The molecule has 0 radical (unpaired) electrons. The average molecular weight is 268 g/mol. The molecule has 0 heterocycles. The predicted octanol–water partition coefficient (Wildman–Crippen LogP) is 3.41. The highest BCUT2D eigenvalue weighted by molar-refractivity contribution is 5.81. The summed E-state index contributed by atoms with van der Waals surface area (Å²) in [6.45, 7) is 0. The van der Waals surface area contributed by atoms with Gasteiger partial charge in [0.2, 0.25) is 0 Å². The summed E-state index contributed by atoms with van der Waals surface area (Å²) in [5, 5.41) is 9.32. The molecule has 1 fully saturated rings. The fourth-order valence-corrected chi connectivity index (χ4v) is 2.31. The molecule has 0 atom stereocenters. The Morgan fingerprint density at radius 2 is 1.40 bits per heavy atom. The molecule has 0 bridgehead atoms. The minimum Gasteiger partial charge on any atom is -0.479 e. The van der Waals surface area contributed by atoms with Crippen LogP contribution in [0.2, 0.25) is 0 Å². The number of benzene rings is 2. The Labute approximate surface area is 117 Å². The lowest BCUT2D eigenvalue weighted by molar-refractivity contribution is -0.157. The van der Waals surface area contributed by atoms with E-state index in [0.29, 0.717) is 12.8 Å². The van der Waals surface area contributed by atoms with Gasteiger partial charge in [0.05, 0.1) is 0 Å². The van der Waals surface area contributed by atoms with Crippen molar-refractivity contribution in [3.63, 3.8) is 0 Å². The number of hydrogen-bond donors (Lipinski definition) is 1. The molecule has 0 amide bonds. The molecule has 2 aromatic rings. The van der Waals surface area contributed by atoms with Gasteiger partial charge in [0, 0.05) is 0 Å². The Bertz CT molecular complexity index is 549. The molecule has 0 aromatic heterocycles. The van der Waals surface area contributed by atoms with Crippen LogP contribution in [0.4, 0.5) is 0 Å². The number of hydrogen-bond acceptors (Lipinski definition) is 2. The van der Waals surface area contributed by atoms with E-state index >= 15 is 0 Å². The molecule has 102 valence electrons. The Morgan fingerprint density at radius 3 is 1.75 bits per heavy atom. The normalized spacial score (nSPS) is 16.1. The van der Waals surface area contributed by atoms with Crippen LogP contribution in [-0.2, 0) is 9.53 Å². The number of ether oxygens (including phenoxy) is 1. The van der Waals surface area contributed by atoms with E-state index in [9.17, 15) is 9.90 Å². The van der Waals surface area contributed by atoms with E-state index in [2.05, 4.69) is 0 Å². The minimum absolute atomic E-state index is 0.337. The largest absolute Gasteiger partial charge is 0.479 e. The number of rotatable bonds is 5. The maximum Gasteiger partial charge on any atom is 0.336 e. The Morgan fingerprint density at radius 1 is 0.950 bits per heavy atom.